The number of hydrogen-bond acceptors (Lipinski definition) is 3. The predicted molar refractivity (Wildman–Crippen MR) is 129 cm³/mol. The van der Waals surface area contributed by atoms with Crippen LogP contribution in [0, 0.1) is 5.92 Å². The van der Waals surface area contributed by atoms with E-state index in [-0.39, 0.29) is 11.9 Å². The molecule has 5 nitrogen and oxygen atoms in total. The first kappa shape index (κ1) is 22.6. The average Bonchev–Trinajstić information content (AvgIpc) is 3.24. The monoisotopic (exact) mass is 450 g/mol. The second kappa shape index (κ2) is 10.3. The SMILES string of the molecule is CN(C(=O)c1ccn(C)n1)[C@H](Cc1ccccc1)C1CCN(Cc2cccc(Cl)c2)CC1. The van der Waals surface area contributed by atoms with Gasteiger partial charge in [-0.15, -0.1) is 0 Å². The van der Waals surface area contributed by atoms with Crippen LogP contribution < -0.4 is 0 Å². The molecule has 1 atom stereocenters. The van der Waals surface area contributed by atoms with E-state index in [0.29, 0.717) is 11.6 Å². The van der Waals surface area contributed by atoms with Crippen molar-refractivity contribution in [2.24, 2.45) is 13.0 Å². The number of benzene rings is 2. The first-order valence-corrected chi connectivity index (χ1v) is 11.6. The van der Waals surface area contributed by atoms with Crippen LogP contribution in [0.4, 0.5) is 0 Å². The number of halogens is 1. The summed E-state index contributed by atoms with van der Waals surface area (Å²) < 4.78 is 1.68. The van der Waals surface area contributed by atoms with Gasteiger partial charge in [0.15, 0.2) is 0 Å². The van der Waals surface area contributed by atoms with E-state index in [2.05, 4.69) is 40.3 Å². The fourth-order valence-electron chi connectivity index (χ4n) is 4.73. The third-order valence-electron chi connectivity index (χ3n) is 6.51. The van der Waals surface area contributed by atoms with Gasteiger partial charge in [0.1, 0.15) is 5.69 Å². The standard InChI is InChI=1S/C26H31ClN4O/c1-29-14-13-24(28-29)26(32)30(2)25(18-20-7-4-3-5-8-20)22-11-15-31(16-12-22)19-21-9-6-10-23(27)17-21/h3-10,13-14,17,22,25H,11-12,15-16,18-19H2,1-2H3/t25-/m1/s1. The first-order valence-electron chi connectivity index (χ1n) is 11.3. The Balaban J connectivity index is 1.45. The summed E-state index contributed by atoms with van der Waals surface area (Å²) in [4.78, 5) is 17.6. The predicted octanol–water partition coefficient (Wildman–Crippen LogP) is 4.67. The summed E-state index contributed by atoms with van der Waals surface area (Å²) >= 11 is 6.16. The van der Waals surface area contributed by atoms with Crippen LogP contribution in [0.5, 0.6) is 0 Å². The lowest BCUT2D eigenvalue weighted by atomic mass is 9.84. The van der Waals surface area contributed by atoms with Crippen molar-refractivity contribution in [2.75, 3.05) is 20.1 Å². The van der Waals surface area contributed by atoms with Gasteiger partial charge in [-0.3, -0.25) is 14.4 Å². The number of hydrogen-bond donors (Lipinski definition) is 0. The van der Waals surface area contributed by atoms with E-state index in [1.54, 1.807) is 10.7 Å². The number of carbonyl (C=O) groups is 1. The van der Waals surface area contributed by atoms with Crippen LogP contribution in [0.2, 0.25) is 5.02 Å². The summed E-state index contributed by atoms with van der Waals surface area (Å²) in [6.07, 6.45) is 4.81. The Morgan fingerprint density at radius 1 is 1.09 bits per heavy atom. The normalized spacial score (nSPS) is 16.1. The molecule has 0 spiro atoms. The topological polar surface area (TPSA) is 41.4 Å². The van der Waals surface area contributed by atoms with E-state index in [4.69, 9.17) is 11.6 Å². The van der Waals surface area contributed by atoms with Crippen molar-refractivity contribution in [1.29, 1.82) is 0 Å². The smallest absolute Gasteiger partial charge is 0.274 e. The van der Waals surface area contributed by atoms with Crippen molar-refractivity contribution in [3.8, 4) is 0 Å². The molecule has 4 rings (SSSR count). The molecule has 2 heterocycles. The fourth-order valence-corrected chi connectivity index (χ4v) is 4.94. The number of aryl methyl sites for hydroxylation is 1. The van der Waals surface area contributed by atoms with Crippen LogP contribution in [0.3, 0.4) is 0 Å². The van der Waals surface area contributed by atoms with Crippen LogP contribution in [0.25, 0.3) is 0 Å². The van der Waals surface area contributed by atoms with Gasteiger partial charge >= 0.3 is 0 Å². The van der Waals surface area contributed by atoms with E-state index >= 15 is 0 Å². The van der Waals surface area contributed by atoms with Gasteiger partial charge in [0, 0.05) is 37.9 Å². The minimum Gasteiger partial charge on any atom is -0.337 e. The average molecular weight is 451 g/mol. The Morgan fingerprint density at radius 2 is 1.81 bits per heavy atom. The van der Waals surface area contributed by atoms with Gasteiger partial charge in [0.05, 0.1) is 0 Å². The van der Waals surface area contributed by atoms with Gasteiger partial charge in [0.2, 0.25) is 0 Å². The second-order valence-electron chi connectivity index (χ2n) is 8.79. The highest BCUT2D eigenvalue weighted by molar-refractivity contribution is 6.30. The quantitative estimate of drug-likeness (QED) is 0.525. The molecule has 3 aromatic rings. The van der Waals surface area contributed by atoms with Crippen LogP contribution in [-0.2, 0) is 20.0 Å². The number of carbonyl (C=O) groups excluding carboxylic acids is 1. The van der Waals surface area contributed by atoms with Crippen molar-refractivity contribution < 1.29 is 4.79 Å². The van der Waals surface area contributed by atoms with Crippen molar-refractivity contribution in [2.45, 2.75) is 31.8 Å². The molecule has 0 unspecified atom stereocenters. The summed E-state index contributed by atoms with van der Waals surface area (Å²) in [6, 6.07) is 20.5. The molecule has 1 aromatic heterocycles. The highest BCUT2D eigenvalue weighted by atomic mass is 35.5. The summed E-state index contributed by atoms with van der Waals surface area (Å²) in [5.41, 5.74) is 3.02. The number of nitrogens with zero attached hydrogens (tertiary/aromatic N) is 4. The molecule has 2 aromatic carbocycles. The zero-order valence-corrected chi connectivity index (χ0v) is 19.6. The number of rotatable bonds is 7. The molecule has 0 bridgehead atoms. The molecule has 0 radical (unpaired) electrons. The van der Waals surface area contributed by atoms with Crippen molar-refractivity contribution >= 4 is 17.5 Å². The second-order valence-corrected chi connectivity index (χ2v) is 9.23. The molecular weight excluding hydrogens is 420 g/mol. The largest absolute Gasteiger partial charge is 0.337 e. The summed E-state index contributed by atoms with van der Waals surface area (Å²) in [5.74, 6) is 0.441. The molecular formula is C26H31ClN4O. The first-order chi connectivity index (χ1) is 15.5. The molecule has 1 aliphatic rings. The fraction of sp³-hybridized carbons (Fsp3) is 0.385. The van der Waals surface area contributed by atoms with Gasteiger partial charge < -0.3 is 4.90 Å². The number of piperidine rings is 1. The van der Waals surface area contributed by atoms with E-state index < -0.39 is 0 Å². The van der Waals surface area contributed by atoms with Crippen LogP contribution >= 0.6 is 11.6 Å². The Morgan fingerprint density at radius 3 is 2.47 bits per heavy atom. The van der Waals surface area contributed by atoms with Gasteiger partial charge in [0.25, 0.3) is 5.91 Å². The maximum absolute atomic E-state index is 13.2. The van der Waals surface area contributed by atoms with Gasteiger partial charge in [-0.1, -0.05) is 54.1 Å². The Bertz CT molecular complexity index is 1030. The third-order valence-corrected chi connectivity index (χ3v) is 6.74. The maximum Gasteiger partial charge on any atom is 0.274 e. The van der Waals surface area contributed by atoms with Gasteiger partial charge in [-0.25, -0.2) is 0 Å². The van der Waals surface area contributed by atoms with Crippen LogP contribution in [-0.4, -0.2) is 51.7 Å². The Labute approximate surface area is 195 Å². The molecule has 32 heavy (non-hydrogen) atoms. The minimum absolute atomic E-state index is 0.00659. The lowest BCUT2D eigenvalue weighted by molar-refractivity contribution is 0.0579. The third kappa shape index (κ3) is 5.59. The van der Waals surface area contributed by atoms with E-state index in [0.717, 1.165) is 43.9 Å². The number of aromatic nitrogens is 2. The molecule has 1 aliphatic heterocycles. The number of likely N-dealkylation sites (tertiary alicyclic amines) is 1. The summed E-state index contributed by atoms with van der Waals surface area (Å²) in [5, 5.41) is 5.13. The molecule has 168 valence electrons. The van der Waals surface area contributed by atoms with E-state index in [1.165, 1.54) is 11.1 Å². The zero-order valence-electron chi connectivity index (χ0n) is 18.8. The Kier molecular flexibility index (Phi) is 7.28. The minimum atomic E-state index is -0.00659. The molecule has 1 fully saturated rings. The van der Waals surface area contributed by atoms with Crippen molar-refractivity contribution in [1.82, 2.24) is 19.6 Å². The molecule has 6 heteroatoms. The van der Waals surface area contributed by atoms with Crippen molar-refractivity contribution in [3.05, 3.63) is 88.7 Å². The molecule has 0 N–H and O–H groups in total. The summed E-state index contributed by atoms with van der Waals surface area (Å²) in [7, 11) is 3.77. The molecule has 1 amide bonds. The molecule has 0 saturated carbocycles. The molecule has 0 aliphatic carbocycles. The number of amides is 1. The Hall–Kier alpha value is -2.63. The van der Waals surface area contributed by atoms with E-state index in [9.17, 15) is 4.79 Å². The van der Waals surface area contributed by atoms with Gasteiger partial charge in [-0.2, -0.15) is 5.10 Å². The highest BCUT2D eigenvalue weighted by Gasteiger charge is 2.32. The van der Waals surface area contributed by atoms with E-state index in [1.807, 2.05) is 49.5 Å². The maximum atomic E-state index is 13.2. The lowest BCUT2D eigenvalue weighted by Gasteiger charge is -2.40. The van der Waals surface area contributed by atoms with Crippen LogP contribution in [0.1, 0.15) is 34.5 Å². The highest BCUT2D eigenvalue weighted by Crippen LogP contribution is 2.28. The van der Waals surface area contributed by atoms with Crippen LogP contribution in [0.15, 0.2) is 66.9 Å². The summed E-state index contributed by atoms with van der Waals surface area (Å²) in [6.45, 7) is 2.96. The van der Waals surface area contributed by atoms with Gasteiger partial charge in [-0.05, 0) is 67.6 Å². The lowest BCUT2D eigenvalue weighted by Crippen LogP contribution is -2.47. The zero-order chi connectivity index (χ0) is 22.5. The molecule has 1 saturated heterocycles. The number of likely N-dealkylation sites (N-methyl/N-ethyl adjacent to an activating group) is 1. The van der Waals surface area contributed by atoms with Crippen molar-refractivity contribution in [3.63, 3.8) is 0 Å².